The summed E-state index contributed by atoms with van der Waals surface area (Å²) in [5.41, 5.74) is 1.10. The molecule has 0 amide bonds. The van der Waals surface area contributed by atoms with Crippen LogP contribution in [-0.2, 0) is 6.54 Å². The number of halogens is 1. The molecule has 6 heteroatoms. The molecule has 0 aromatic carbocycles. The van der Waals surface area contributed by atoms with Crippen molar-refractivity contribution in [3.8, 4) is 0 Å². The van der Waals surface area contributed by atoms with Gasteiger partial charge in [-0.25, -0.2) is 9.98 Å². The lowest BCUT2D eigenvalue weighted by molar-refractivity contribution is 0.857. The highest BCUT2D eigenvalue weighted by Gasteiger charge is 2.03. The van der Waals surface area contributed by atoms with E-state index in [4.69, 9.17) is 0 Å². The predicted molar refractivity (Wildman–Crippen MR) is 90.0 cm³/mol. The first-order valence-corrected chi connectivity index (χ1v) is 6.55. The number of rotatable bonds is 5. The third kappa shape index (κ3) is 5.81. The molecule has 0 saturated heterocycles. The van der Waals surface area contributed by atoms with Crippen LogP contribution in [0.2, 0.25) is 0 Å². The first-order chi connectivity index (χ1) is 8.17. The zero-order valence-electron chi connectivity index (χ0n) is 11.1. The van der Waals surface area contributed by atoms with Crippen LogP contribution < -0.4 is 10.6 Å². The number of hydrogen-bond donors (Lipinski definition) is 2. The second-order valence-corrected chi connectivity index (χ2v) is 4.90. The molecular formula is C12H21IN4S. The van der Waals surface area contributed by atoms with Crippen LogP contribution in [0.25, 0.3) is 0 Å². The molecule has 0 saturated carbocycles. The first kappa shape index (κ1) is 17.4. The molecule has 0 aliphatic heterocycles. The summed E-state index contributed by atoms with van der Waals surface area (Å²) in [7, 11) is 0. The normalized spacial score (nSPS) is 10.7. The smallest absolute Gasteiger partial charge is 0.191 e. The van der Waals surface area contributed by atoms with Crippen molar-refractivity contribution in [1.29, 1.82) is 0 Å². The van der Waals surface area contributed by atoms with Crippen molar-refractivity contribution in [2.75, 3.05) is 13.1 Å². The molecule has 18 heavy (non-hydrogen) atoms. The maximum absolute atomic E-state index is 4.47. The zero-order chi connectivity index (χ0) is 12.7. The van der Waals surface area contributed by atoms with Gasteiger partial charge in [0.15, 0.2) is 5.96 Å². The van der Waals surface area contributed by atoms with E-state index in [2.05, 4.69) is 34.1 Å². The van der Waals surface area contributed by atoms with E-state index in [-0.39, 0.29) is 24.0 Å². The highest BCUT2D eigenvalue weighted by atomic mass is 127. The van der Waals surface area contributed by atoms with Gasteiger partial charge in [-0.15, -0.1) is 41.9 Å². The minimum Gasteiger partial charge on any atom is -0.357 e. The molecule has 0 fully saturated rings. The maximum Gasteiger partial charge on any atom is 0.191 e. The Hall–Kier alpha value is -0.630. The van der Waals surface area contributed by atoms with Gasteiger partial charge in [-0.05, 0) is 20.8 Å². The van der Waals surface area contributed by atoms with E-state index < -0.39 is 0 Å². The van der Waals surface area contributed by atoms with Crippen molar-refractivity contribution in [2.24, 2.45) is 4.99 Å². The maximum atomic E-state index is 4.47. The molecule has 0 spiro atoms. The molecule has 4 nitrogen and oxygen atoms in total. The van der Waals surface area contributed by atoms with Crippen LogP contribution in [0.1, 0.15) is 22.5 Å². The van der Waals surface area contributed by atoms with Crippen molar-refractivity contribution >= 4 is 41.3 Å². The van der Waals surface area contributed by atoms with Gasteiger partial charge >= 0.3 is 0 Å². The lowest BCUT2D eigenvalue weighted by Crippen LogP contribution is -2.37. The highest BCUT2D eigenvalue weighted by molar-refractivity contribution is 14.0. The van der Waals surface area contributed by atoms with Gasteiger partial charge in [0.05, 0.1) is 12.2 Å². The van der Waals surface area contributed by atoms with Gasteiger partial charge in [0.25, 0.3) is 0 Å². The minimum absolute atomic E-state index is 0. The second kappa shape index (κ2) is 9.32. The minimum atomic E-state index is 0. The molecule has 2 N–H and O–H groups in total. The number of nitrogens with one attached hydrogen (secondary N) is 2. The van der Waals surface area contributed by atoms with E-state index in [0.717, 1.165) is 23.2 Å². The summed E-state index contributed by atoms with van der Waals surface area (Å²) in [4.78, 5) is 10.2. The number of aryl methyl sites for hydroxylation is 2. The molecular weight excluding hydrogens is 359 g/mol. The third-order valence-electron chi connectivity index (χ3n) is 2.20. The zero-order valence-corrected chi connectivity index (χ0v) is 14.3. The SMILES string of the molecule is C=CCNC(=NCc1nc(C)c(C)s1)NCC.I. The van der Waals surface area contributed by atoms with Crippen LogP contribution >= 0.6 is 35.3 Å². The van der Waals surface area contributed by atoms with E-state index in [9.17, 15) is 0 Å². The number of aromatic nitrogens is 1. The summed E-state index contributed by atoms with van der Waals surface area (Å²) in [5.74, 6) is 0.804. The quantitative estimate of drug-likeness (QED) is 0.357. The highest BCUT2D eigenvalue weighted by Crippen LogP contribution is 2.16. The van der Waals surface area contributed by atoms with Crippen LogP contribution in [0.15, 0.2) is 17.6 Å². The fraction of sp³-hybridized carbons (Fsp3) is 0.500. The second-order valence-electron chi connectivity index (χ2n) is 3.61. The van der Waals surface area contributed by atoms with Gasteiger partial charge in [0.2, 0.25) is 0 Å². The summed E-state index contributed by atoms with van der Waals surface area (Å²) >= 11 is 1.70. The average molecular weight is 380 g/mol. The van der Waals surface area contributed by atoms with Crippen LogP contribution in [0.3, 0.4) is 0 Å². The van der Waals surface area contributed by atoms with Crippen molar-refractivity contribution in [2.45, 2.75) is 27.3 Å². The van der Waals surface area contributed by atoms with E-state index >= 15 is 0 Å². The van der Waals surface area contributed by atoms with Crippen molar-refractivity contribution in [3.63, 3.8) is 0 Å². The standard InChI is InChI=1S/C12H20N4S.HI/c1-5-7-14-12(13-6-2)15-8-11-16-9(3)10(4)17-11;/h5H,1,6-8H2,2-4H3,(H2,13,14,15);1H. The van der Waals surface area contributed by atoms with Crippen molar-refractivity contribution < 1.29 is 0 Å². The van der Waals surface area contributed by atoms with E-state index in [1.165, 1.54) is 4.88 Å². The van der Waals surface area contributed by atoms with Crippen molar-refractivity contribution in [3.05, 3.63) is 28.2 Å². The fourth-order valence-corrected chi connectivity index (χ4v) is 2.12. The number of guanidine groups is 1. The Balaban J connectivity index is 0.00000289. The summed E-state index contributed by atoms with van der Waals surface area (Å²) in [5, 5.41) is 7.39. The third-order valence-corrected chi connectivity index (χ3v) is 3.26. The van der Waals surface area contributed by atoms with Gasteiger partial charge in [-0.2, -0.15) is 0 Å². The molecule has 0 radical (unpaired) electrons. The summed E-state index contributed by atoms with van der Waals surface area (Å²) in [6, 6.07) is 0. The molecule has 1 rings (SSSR count). The molecule has 0 unspecified atom stereocenters. The molecule has 102 valence electrons. The molecule has 0 aliphatic rings. The lowest BCUT2D eigenvalue weighted by atomic mass is 10.4. The average Bonchev–Trinajstić information content (AvgIpc) is 2.62. The Labute approximate surface area is 130 Å². The summed E-state index contributed by atoms with van der Waals surface area (Å²) in [6.45, 7) is 12.0. The monoisotopic (exact) mass is 380 g/mol. The Morgan fingerprint density at radius 2 is 2.17 bits per heavy atom. The van der Waals surface area contributed by atoms with Gasteiger partial charge in [0, 0.05) is 18.0 Å². The molecule has 0 atom stereocenters. The van der Waals surface area contributed by atoms with Crippen LogP contribution in [-0.4, -0.2) is 24.0 Å². The summed E-state index contributed by atoms with van der Waals surface area (Å²) in [6.07, 6.45) is 1.81. The topological polar surface area (TPSA) is 49.3 Å². The predicted octanol–water partition coefficient (Wildman–Crippen LogP) is 2.62. The number of hydrogen-bond acceptors (Lipinski definition) is 3. The lowest BCUT2D eigenvalue weighted by Gasteiger charge is -2.08. The van der Waals surface area contributed by atoms with E-state index in [0.29, 0.717) is 13.1 Å². The van der Waals surface area contributed by atoms with Crippen LogP contribution in [0, 0.1) is 13.8 Å². The molecule has 1 aromatic heterocycles. The number of nitrogens with zero attached hydrogens (tertiary/aromatic N) is 2. The Bertz CT molecular complexity index is 381. The fourth-order valence-electron chi connectivity index (χ4n) is 1.26. The molecule has 1 heterocycles. The van der Waals surface area contributed by atoms with Crippen LogP contribution in [0.4, 0.5) is 0 Å². The van der Waals surface area contributed by atoms with E-state index in [1.54, 1.807) is 11.3 Å². The Morgan fingerprint density at radius 1 is 1.44 bits per heavy atom. The van der Waals surface area contributed by atoms with Crippen LogP contribution in [0.5, 0.6) is 0 Å². The van der Waals surface area contributed by atoms with Gasteiger partial charge in [-0.3, -0.25) is 0 Å². The summed E-state index contributed by atoms with van der Waals surface area (Å²) < 4.78 is 0. The first-order valence-electron chi connectivity index (χ1n) is 5.73. The largest absolute Gasteiger partial charge is 0.357 e. The van der Waals surface area contributed by atoms with Gasteiger partial charge in [-0.1, -0.05) is 6.08 Å². The number of aliphatic imine (C=N–C) groups is 1. The molecule has 0 aliphatic carbocycles. The van der Waals surface area contributed by atoms with E-state index in [1.807, 2.05) is 19.9 Å². The Kier molecular flexibility index (Phi) is 8.99. The van der Waals surface area contributed by atoms with Gasteiger partial charge < -0.3 is 10.6 Å². The Morgan fingerprint density at radius 3 is 2.67 bits per heavy atom. The van der Waals surface area contributed by atoms with Crippen molar-refractivity contribution in [1.82, 2.24) is 15.6 Å². The number of thiazole rings is 1. The molecule has 1 aromatic rings. The van der Waals surface area contributed by atoms with Gasteiger partial charge in [0.1, 0.15) is 5.01 Å². The molecule has 0 bridgehead atoms.